The summed E-state index contributed by atoms with van der Waals surface area (Å²) < 4.78 is 7.42. The molecule has 32 heavy (non-hydrogen) atoms. The molecule has 0 N–H and O–H groups in total. The number of amides is 1. The Balaban J connectivity index is 1.57. The number of rotatable bonds is 5. The molecule has 5 rings (SSSR count). The Bertz CT molecular complexity index is 1470. The van der Waals surface area contributed by atoms with Gasteiger partial charge in [-0.1, -0.05) is 47.2 Å². The van der Waals surface area contributed by atoms with Crippen molar-refractivity contribution in [3.63, 3.8) is 0 Å². The number of carbonyl (C=O) groups is 1. The molecule has 0 saturated heterocycles. The summed E-state index contributed by atoms with van der Waals surface area (Å²) in [5.41, 5.74) is 3.42. The average molecular weight is 465 g/mol. The van der Waals surface area contributed by atoms with E-state index in [1.807, 2.05) is 37.3 Å². The monoisotopic (exact) mass is 464 g/mol. The summed E-state index contributed by atoms with van der Waals surface area (Å²) in [5, 5.41) is 1.07. The van der Waals surface area contributed by atoms with E-state index >= 15 is 0 Å². The Morgan fingerprint density at radius 2 is 1.97 bits per heavy atom. The highest BCUT2D eigenvalue weighted by Crippen LogP contribution is 2.36. The maximum absolute atomic E-state index is 13.5. The quantitative estimate of drug-likeness (QED) is 0.373. The number of carbonyl (C=O) groups excluding carboxylic acids is 1. The third-order valence-corrected chi connectivity index (χ3v) is 6.67. The third-order valence-electron chi connectivity index (χ3n) is 5.13. The number of pyridine rings is 1. The van der Waals surface area contributed by atoms with E-state index in [0.29, 0.717) is 26.9 Å². The Kier molecular flexibility index (Phi) is 5.24. The molecule has 7 nitrogen and oxygen atoms in total. The van der Waals surface area contributed by atoms with Gasteiger partial charge >= 0.3 is 5.76 Å². The van der Waals surface area contributed by atoms with E-state index in [1.165, 1.54) is 20.8 Å². The summed E-state index contributed by atoms with van der Waals surface area (Å²) >= 11 is 7.72. The van der Waals surface area contributed by atoms with Crippen LogP contribution in [0.25, 0.3) is 21.3 Å². The van der Waals surface area contributed by atoms with Gasteiger partial charge in [-0.05, 0) is 42.8 Å². The van der Waals surface area contributed by atoms with Crippen molar-refractivity contribution < 1.29 is 9.21 Å². The molecule has 3 aromatic heterocycles. The standard InChI is InChI=1S/C23H17ClN4O3S/c1-14-9-10-16(24)21-20(14)26-22(32-21)28(12-15-6-4-5-11-25-15)19(29)13-27-17-7-2-3-8-18(17)31-23(27)30/h2-11H,12-13H2,1H3. The summed E-state index contributed by atoms with van der Waals surface area (Å²) in [5.74, 6) is -0.891. The number of nitrogens with zero attached hydrogens (tertiary/aromatic N) is 4. The van der Waals surface area contributed by atoms with Crippen LogP contribution < -0.4 is 10.7 Å². The van der Waals surface area contributed by atoms with Gasteiger partial charge in [-0.25, -0.2) is 9.78 Å². The number of benzene rings is 2. The molecular formula is C23H17ClN4O3S. The number of hydrogen-bond donors (Lipinski definition) is 0. The zero-order chi connectivity index (χ0) is 22.2. The Morgan fingerprint density at radius 1 is 1.16 bits per heavy atom. The minimum atomic E-state index is -0.583. The van der Waals surface area contributed by atoms with Crippen LogP contribution in [-0.4, -0.2) is 20.4 Å². The Labute approximate surface area is 191 Å². The van der Waals surface area contributed by atoms with Crippen LogP contribution in [0.4, 0.5) is 5.13 Å². The molecule has 0 aliphatic heterocycles. The SMILES string of the molecule is Cc1ccc(Cl)c2sc(N(Cc3ccccn3)C(=O)Cn3c(=O)oc4ccccc43)nc12. The Morgan fingerprint density at radius 3 is 2.75 bits per heavy atom. The highest BCUT2D eigenvalue weighted by Gasteiger charge is 2.24. The number of fused-ring (bicyclic) bond motifs is 2. The average Bonchev–Trinajstić information content (AvgIpc) is 3.38. The first-order valence-corrected chi connectivity index (χ1v) is 11.0. The fraction of sp³-hybridized carbons (Fsp3) is 0.130. The number of anilines is 1. The van der Waals surface area contributed by atoms with E-state index < -0.39 is 5.76 Å². The number of aromatic nitrogens is 3. The lowest BCUT2D eigenvalue weighted by Crippen LogP contribution is -2.35. The summed E-state index contributed by atoms with van der Waals surface area (Å²) in [6, 6.07) is 16.2. The number of thiazole rings is 1. The molecule has 0 bridgehead atoms. The maximum atomic E-state index is 13.5. The molecule has 0 unspecified atom stereocenters. The zero-order valence-electron chi connectivity index (χ0n) is 17.0. The second kappa shape index (κ2) is 8.22. The molecule has 0 fully saturated rings. The molecule has 0 atom stereocenters. The van der Waals surface area contributed by atoms with Gasteiger partial charge in [-0.3, -0.25) is 19.2 Å². The smallest absolute Gasteiger partial charge is 0.408 e. The molecular weight excluding hydrogens is 448 g/mol. The fourth-order valence-corrected chi connectivity index (χ4v) is 4.84. The molecule has 160 valence electrons. The van der Waals surface area contributed by atoms with Crippen molar-refractivity contribution in [2.75, 3.05) is 4.90 Å². The lowest BCUT2D eigenvalue weighted by molar-refractivity contribution is -0.119. The van der Waals surface area contributed by atoms with Gasteiger partial charge in [-0.2, -0.15) is 0 Å². The predicted octanol–water partition coefficient (Wildman–Crippen LogP) is 4.79. The normalized spacial score (nSPS) is 11.3. The number of para-hydroxylation sites is 2. The van der Waals surface area contributed by atoms with Crippen LogP contribution in [0.5, 0.6) is 0 Å². The van der Waals surface area contributed by atoms with E-state index in [-0.39, 0.29) is 19.0 Å². The second-order valence-electron chi connectivity index (χ2n) is 7.26. The van der Waals surface area contributed by atoms with Crippen molar-refractivity contribution >= 4 is 55.3 Å². The maximum Gasteiger partial charge on any atom is 0.420 e. The molecule has 0 aliphatic carbocycles. The number of hydrogen-bond acceptors (Lipinski definition) is 6. The molecule has 5 aromatic rings. The highest BCUT2D eigenvalue weighted by molar-refractivity contribution is 7.23. The predicted molar refractivity (Wildman–Crippen MR) is 125 cm³/mol. The van der Waals surface area contributed by atoms with Gasteiger partial charge in [-0.15, -0.1) is 0 Å². The summed E-state index contributed by atoms with van der Waals surface area (Å²) in [7, 11) is 0. The van der Waals surface area contributed by atoms with Gasteiger partial charge in [0.1, 0.15) is 6.54 Å². The van der Waals surface area contributed by atoms with E-state index in [9.17, 15) is 9.59 Å². The van der Waals surface area contributed by atoms with Gasteiger partial charge in [0.05, 0.1) is 33.0 Å². The van der Waals surface area contributed by atoms with Gasteiger partial charge < -0.3 is 4.42 Å². The van der Waals surface area contributed by atoms with Gasteiger partial charge in [0, 0.05) is 6.20 Å². The van der Waals surface area contributed by atoms with E-state index in [1.54, 1.807) is 30.5 Å². The lowest BCUT2D eigenvalue weighted by Gasteiger charge is -2.19. The number of halogens is 1. The fourth-order valence-electron chi connectivity index (χ4n) is 3.51. The van der Waals surface area contributed by atoms with Crippen molar-refractivity contribution in [1.82, 2.24) is 14.5 Å². The van der Waals surface area contributed by atoms with Gasteiger partial charge in [0.2, 0.25) is 5.91 Å². The van der Waals surface area contributed by atoms with Crippen molar-refractivity contribution in [2.45, 2.75) is 20.0 Å². The molecule has 9 heteroatoms. The van der Waals surface area contributed by atoms with Crippen LogP contribution in [0.15, 0.2) is 70.0 Å². The van der Waals surface area contributed by atoms with Gasteiger partial charge in [0.25, 0.3) is 0 Å². The van der Waals surface area contributed by atoms with Crippen molar-refractivity contribution in [3.05, 3.63) is 87.6 Å². The Hall–Kier alpha value is -3.49. The third kappa shape index (κ3) is 3.68. The van der Waals surface area contributed by atoms with Crippen LogP contribution in [0, 0.1) is 6.92 Å². The summed E-state index contributed by atoms with van der Waals surface area (Å²) in [4.78, 5) is 36.5. The number of oxazole rings is 1. The lowest BCUT2D eigenvalue weighted by atomic mass is 10.2. The molecule has 3 heterocycles. The first kappa shape index (κ1) is 20.4. The molecule has 1 amide bonds. The zero-order valence-corrected chi connectivity index (χ0v) is 18.6. The first-order chi connectivity index (χ1) is 15.5. The van der Waals surface area contributed by atoms with E-state index in [2.05, 4.69) is 4.98 Å². The molecule has 2 aromatic carbocycles. The largest absolute Gasteiger partial charge is 0.420 e. The topological polar surface area (TPSA) is 81.2 Å². The number of aryl methyl sites for hydroxylation is 1. The highest BCUT2D eigenvalue weighted by atomic mass is 35.5. The minimum Gasteiger partial charge on any atom is -0.408 e. The van der Waals surface area contributed by atoms with Crippen LogP contribution in [0.2, 0.25) is 5.02 Å². The van der Waals surface area contributed by atoms with Crippen molar-refractivity contribution in [1.29, 1.82) is 0 Å². The minimum absolute atomic E-state index is 0.189. The molecule has 0 saturated carbocycles. The van der Waals surface area contributed by atoms with Gasteiger partial charge in [0.15, 0.2) is 10.7 Å². The molecule has 0 spiro atoms. The van der Waals surface area contributed by atoms with Crippen LogP contribution in [0.3, 0.4) is 0 Å². The summed E-state index contributed by atoms with van der Waals surface area (Å²) in [6.45, 7) is 1.97. The van der Waals surface area contributed by atoms with E-state index in [4.69, 9.17) is 21.0 Å². The van der Waals surface area contributed by atoms with Crippen LogP contribution in [-0.2, 0) is 17.9 Å². The molecule has 0 aliphatic rings. The summed E-state index contributed by atoms with van der Waals surface area (Å²) in [6.07, 6.45) is 1.67. The first-order valence-electron chi connectivity index (χ1n) is 9.85. The van der Waals surface area contributed by atoms with E-state index in [0.717, 1.165) is 15.8 Å². The second-order valence-corrected chi connectivity index (χ2v) is 8.65. The van der Waals surface area contributed by atoms with Crippen LogP contribution >= 0.6 is 22.9 Å². The van der Waals surface area contributed by atoms with Crippen molar-refractivity contribution in [2.24, 2.45) is 0 Å². The molecule has 0 radical (unpaired) electrons. The van der Waals surface area contributed by atoms with Crippen LogP contribution in [0.1, 0.15) is 11.3 Å². The van der Waals surface area contributed by atoms with Crippen molar-refractivity contribution in [3.8, 4) is 0 Å².